The number of halogens is 1. The fraction of sp³-hybridized carbons (Fsp3) is 0.200. The van der Waals surface area contributed by atoms with Crippen LogP contribution in [0.2, 0.25) is 5.02 Å². The van der Waals surface area contributed by atoms with Crippen LogP contribution >= 0.6 is 11.6 Å². The van der Waals surface area contributed by atoms with Crippen molar-refractivity contribution < 1.29 is 21.6 Å². The number of aromatic amines is 1. The Bertz CT molecular complexity index is 1580. The Balaban J connectivity index is 1.59. The van der Waals surface area contributed by atoms with Crippen LogP contribution in [-0.2, 0) is 26.6 Å². The molecule has 0 saturated heterocycles. The van der Waals surface area contributed by atoms with Crippen LogP contribution in [0.15, 0.2) is 58.5 Å². The van der Waals surface area contributed by atoms with Crippen LogP contribution in [0.4, 0.5) is 0 Å². The molecule has 0 unspecified atom stereocenters. The summed E-state index contributed by atoms with van der Waals surface area (Å²) in [7, 11) is -8.37. The predicted octanol–water partition coefficient (Wildman–Crippen LogP) is 2.91. The zero-order valence-corrected chi connectivity index (χ0v) is 20.4. The van der Waals surface area contributed by atoms with E-state index in [4.69, 9.17) is 21.5 Å². The molecule has 0 aliphatic heterocycles. The van der Waals surface area contributed by atoms with E-state index in [9.17, 15) is 16.8 Å². The molecule has 2 aromatic heterocycles. The lowest BCUT2D eigenvalue weighted by Gasteiger charge is -2.16. The van der Waals surface area contributed by atoms with Crippen molar-refractivity contribution in [3.8, 4) is 11.8 Å². The van der Waals surface area contributed by atoms with Gasteiger partial charge in [0.25, 0.3) is 0 Å². The Morgan fingerprint density at radius 2 is 1.91 bits per heavy atom. The van der Waals surface area contributed by atoms with Crippen molar-refractivity contribution in [2.24, 2.45) is 5.14 Å². The van der Waals surface area contributed by atoms with Gasteiger partial charge >= 0.3 is 6.01 Å². The van der Waals surface area contributed by atoms with Gasteiger partial charge in [0.1, 0.15) is 10.6 Å². The third-order valence-corrected chi connectivity index (χ3v) is 7.97. The summed E-state index contributed by atoms with van der Waals surface area (Å²) in [4.78, 5) is 2.30. The minimum Gasteiger partial charge on any atom is -0.424 e. The molecular formula is C20H21ClN6O5S2. The molecule has 11 nitrogen and oxygen atoms in total. The molecule has 0 bridgehead atoms. The lowest BCUT2D eigenvalue weighted by Crippen LogP contribution is -2.29. The molecule has 2 aromatic carbocycles. The molecule has 0 aliphatic rings. The molecule has 0 fully saturated rings. The number of aromatic nitrogens is 4. The normalized spacial score (nSPS) is 13.3. The van der Waals surface area contributed by atoms with Crippen LogP contribution in [0.25, 0.3) is 10.9 Å². The zero-order chi connectivity index (χ0) is 24.7. The molecule has 0 amide bonds. The van der Waals surface area contributed by atoms with Gasteiger partial charge in [0.05, 0.1) is 16.0 Å². The fourth-order valence-electron chi connectivity index (χ4n) is 3.41. The van der Waals surface area contributed by atoms with Gasteiger partial charge in [-0.3, -0.25) is 4.57 Å². The van der Waals surface area contributed by atoms with Gasteiger partial charge in [-0.15, -0.1) is 5.10 Å². The number of fused-ring (bicyclic) bond motifs is 1. The van der Waals surface area contributed by atoms with Crippen molar-refractivity contribution in [2.75, 3.05) is 0 Å². The highest BCUT2D eigenvalue weighted by molar-refractivity contribution is 7.90. The van der Waals surface area contributed by atoms with Crippen molar-refractivity contribution in [3.63, 3.8) is 0 Å². The van der Waals surface area contributed by atoms with Crippen molar-refractivity contribution >= 4 is 42.6 Å². The summed E-state index contributed by atoms with van der Waals surface area (Å²) < 4.78 is 59.2. The summed E-state index contributed by atoms with van der Waals surface area (Å²) in [5, 5.41) is 14.1. The summed E-state index contributed by atoms with van der Waals surface area (Å²) >= 11 is 5.86. The summed E-state index contributed by atoms with van der Waals surface area (Å²) in [5.41, 5.74) is 0.892. The zero-order valence-electron chi connectivity index (χ0n) is 18.1. The topological polar surface area (TPSA) is 162 Å². The smallest absolute Gasteiger partial charge is 0.322 e. The van der Waals surface area contributed by atoms with E-state index in [1.54, 1.807) is 17.6 Å². The van der Waals surface area contributed by atoms with Crippen molar-refractivity contribution in [3.05, 3.63) is 59.5 Å². The van der Waals surface area contributed by atoms with Crippen LogP contribution in [0.5, 0.6) is 11.8 Å². The highest BCUT2D eigenvalue weighted by Gasteiger charge is 2.26. The van der Waals surface area contributed by atoms with Crippen LogP contribution in [-0.4, -0.2) is 36.6 Å². The number of rotatable bonds is 8. The Kier molecular flexibility index (Phi) is 6.40. The van der Waals surface area contributed by atoms with E-state index in [-0.39, 0.29) is 15.9 Å². The highest BCUT2D eigenvalue weighted by atomic mass is 35.5. The monoisotopic (exact) mass is 524 g/mol. The number of hydrogen-bond donors (Lipinski definition) is 3. The molecule has 0 saturated carbocycles. The number of sulfonamides is 2. The number of nitrogens with two attached hydrogens (primary N) is 1. The number of nitrogens with one attached hydrogen (secondary N) is 2. The summed E-state index contributed by atoms with van der Waals surface area (Å²) in [6.07, 6.45) is 1.82. The highest BCUT2D eigenvalue weighted by Crippen LogP contribution is 2.28. The quantitative estimate of drug-likeness (QED) is 0.319. The third kappa shape index (κ3) is 4.79. The maximum atomic E-state index is 12.9. The average molecular weight is 525 g/mol. The molecule has 180 valence electrons. The van der Waals surface area contributed by atoms with Crippen molar-refractivity contribution in [2.45, 2.75) is 36.2 Å². The molecule has 2 heterocycles. The molecule has 4 N–H and O–H groups in total. The second-order valence-corrected chi connectivity index (χ2v) is 11.0. The first-order valence-electron chi connectivity index (χ1n) is 10.0. The van der Waals surface area contributed by atoms with Crippen LogP contribution in [0, 0.1) is 0 Å². The van der Waals surface area contributed by atoms with Gasteiger partial charge in [-0.1, -0.05) is 16.7 Å². The van der Waals surface area contributed by atoms with E-state index in [0.29, 0.717) is 18.1 Å². The van der Waals surface area contributed by atoms with Gasteiger partial charge in [-0.25, -0.2) is 26.7 Å². The number of ether oxygens (including phenoxy) is 1. The molecular weight excluding hydrogens is 504 g/mol. The van der Waals surface area contributed by atoms with Crippen molar-refractivity contribution in [1.29, 1.82) is 0 Å². The third-order valence-electron chi connectivity index (χ3n) is 5.04. The Hall–Kier alpha value is -2.97. The molecule has 4 rings (SSSR count). The fourth-order valence-corrected chi connectivity index (χ4v) is 5.78. The van der Waals surface area contributed by atoms with Crippen LogP contribution in [0.1, 0.15) is 25.7 Å². The van der Waals surface area contributed by atoms with Gasteiger partial charge in [0.15, 0.2) is 5.82 Å². The van der Waals surface area contributed by atoms with Crippen LogP contribution in [0.3, 0.4) is 0 Å². The summed E-state index contributed by atoms with van der Waals surface area (Å²) in [6.45, 7) is 3.83. The number of benzene rings is 2. The molecule has 0 radical (unpaired) electrons. The maximum absolute atomic E-state index is 12.9. The predicted molar refractivity (Wildman–Crippen MR) is 126 cm³/mol. The van der Waals surface area contributed by atoms with E-state index < -0.39 is 31.0 Å². The minimum absolute atomic E-state index is 0.181. The summed E-state index contributed by atoms with van der Waals surface area (Å²) in [5.74, 6) is 0.844. The van der Waals surface area contributed by atoms with E-state index >= 15 is 0 Å². The molecule has 34 heavy (non-hydrogen) atoms. The number of nitrogens with zero attached hydrogens (tertiary/aromatic N) is 3. The molecule has 4 aromatic rings. The molecule has 1 atom stereocenters. The van der Waals surface area contributed by atoms with Gasteiger partial charge < -0.3 is 9.72 Å². The van der Waals surface area contributed by atoms with Gasteiger partial charge in [-0.2, -0.15) is 0 Å². The first-order valence-corrected chi connectivity index (χ1v) is 13.4. The van der Waals surface area contributed by atoms with Crippen LogP contribution < -0.4 is 14.6 Å². The van der Waals surface area contributed by atoms with E-state index in [1.165, 1.54) is 6.07 Å². The second kappa shape index (κ2) is 9.00. The first-order chi connectivity index (χ1) is 16.0. The largest absolute Gasteiger partial charge is 0.424 e. The lowest BCUT2D eigenvalue weighted by molar-refractivity contribution is 0.408. The lowest BCUT2D eigenvalue weighted by atomic mass is 10.2. The number of hydrogen-bond acceptors (Lipinski definition) is 7. The second-order valence-electron chi connectivity index (χ2n) is 7.39. The van der Waals surface area contributed by atoms with E-state index in [2.05, 4.69) is 19.9 Å². The molecule has 0 spiro atoms. The van der Waals surface area contributed by atoms with Gasteiger partial charge in [0.2, 0.25) is 20.0 Å². The van der Waals surface area contributed by atoms with E-state index in [0.717, 1.165) is 23.0 Å². The maximum Gasteiger partial charge on any atom is 0.322 e. The van der Waals surface area contributed by atoms with Gasteiger partial charge in [-0.05, 0) is 55.6 Å². The van der Waals surface area contributed by atoms with Crippen molar-refractivity contribution in [1.82, 2.24) is 24.5 Å². The molecule has 14 heteroatoms. The average Bonchev–Trinajstić information content (AvgIpc) is 3.39. The van der Waals surface area contributed by atoms with Gasteiger partial charge in [0, 0.05) is 24.3 Å². The minimum atomic E-state index is -4.21. The number of primary sulfonamides is 1. The van der Waals surface area contributed by atoms with E-state index in [1.807, 2.05) is 31.3 Å². The number of H-pyrrole nitrogens is 1. The SMILES string of the molecule is CCn1c(Oc2ccc3cc[nH]c3c2)nnc1[C@@H](C)NS(=O)(=O)c1ccc(Cl)c(S(N)(=O)=O)c1. The standard InChI is InChI=1S/C20H21ClN6O5S2/c1-3-27-19(24-25-20(27)32-14-5-4-13-8-9-23-17(13)10-14)12(2)26-34(30,31)15-6-7-16(21)18(11-15)33(22,28)29/h4-12,23,26H,3H2,1-2H3,(H2,22,28,29)/t12-/m1/s1. The Labute approximate surface area is 201 Å². The first kappa shape index (κ1) is 24.2. The molecule has 0 aliphatic carbocycles. The Morgan fingerprint density at radius 1 is 1.15 bits per heavy atom. The Morgan fingerprint density at radius 3 is 2.62 bits per heavy atom. The summed E-state index contributed by atoms with van der Waals surface area (Å²) in [6, 6.07) is 10.1.